The zero-order valence-electron chi connectivity index (χ0n) is 9.32. The third-order valence-corrected chi connectivity index (χ3v) is 4.18. The zero-order chi connectivity index (χ0) is 11.8. The monoisotopic (exact) mass is 268 g/mol. The van der Waals surface area contributed by atoms with E-state index >= 15 is 0 Å². The van der Waals surface area contributed by atoms with Gasteiger partial charge in [-0.3, -0.25) is 10.2 Å². The second-order valence-electron chi connectivity index (χ2n) is 3.98. The Hall–Kier alpha value is -1.05. The molecule has 0 spiro atoms. The molecule has 0 amide bonds. The first-order valence-electron chi connectivity index (χ1n) is 5.48. The molecule has 2 aromatic rings. The summed E-state index contributed by atoms with van der Waals surface area (Å²) in [5, 5.41) is 6.79. The normalized spacial score (nSPS) is 19.9. The van der Waals surface area contributed by atoms with Crippen molar-refractivity contribution < 1.29 is 4.74 Å². The number of ether oxygens (including phenoxy) is 1. The molecule has 1 saturated heterocycles. The van der Waals surface area contributed by atoms with Gasteiger partial charge in [0, 0.05) is 6.61 Å². The predicted octanol–water partition coefficient (Wildman–Crippen LogP) is 2.75. The van der Waals surface area contributed by atoms with Gasteiger partial charge < -0.3 is 4.74 Å². The van der Waals surface area contributed by atoms with Crippen LogP contribution in [-0.4, -0.2) is 26.8 Å². The van der Waals surface area contributed by atoms with Gasteiger partial charge in [-0.15, -0.1) is 11.3 Å². The summed E-state index contributed by atoms with van der Waals surface area (Å²) in [5.74, 6) is 0.759. The minimum atomic E-state index is 0.161. The molecule has 1 fully saturated rings. The molecule has 17 heavy (non-hydrogen) atoms. The van der Waals surface area contributed by atoms with Crippen LogP contribution in [0, 0.1) is 11.7 Å². The average Bonchev–Trinajstić information content (AvgIpc) is 2.97. The van der Waals surface area contributed by atoms with Gasteiger partial charge >= 0.3 is 0 Å². The van der Waals surface area contributed by atoms with Crippen LogP contribution in [-0.2, 0) is 4.74 Å². The molecule has 3 rings (SSSR count). The molecule has 1 aliphatic rings. The van der Waals surface area contributed by atoms with Gasteiger partial charge in [0.05, 0.1) is 10.6 Å². The fourth-order valence-electron chi connectivity index (χ4n) is 1.92. The van der Waals surface area contributed by atoms with E-state index in [0.29, 0.717) is 4.77 Å². The van der Waals surface area contributed by atoms with Crippen LogP contribution in [0.1, 0.15) is 29.6 Å². The number of hydrogen-bond acceptors (Lipinski definition) is 5. The third kappa shape index (κ3) is 2.05. The van der Waals surface area contributed by atoms with E-state index in [-0.39, 0.29) is 6.10 Å². The van der Waals surface area contributed by atoms with Crippen molar-refractivity contribution in [1.29, 1.82) is 0 Å². The molecule has 2 N–H and O–H groups in total. The molecule has 2 aromatic heterocycles. The second kappa shape index (κ2) is 4.32. The Morgan fingerprint density at radius 1 is 1.41 bits per heavy atom. The van der Waals surface area contributed by atoms with Gasteiger partial charge in [-0.05, 0) is 32.0 Å². The number of H-pyrrole nitrogens is 2. The Balaban J connectivity index is 1.98. The Morgan fingerprint density at radius 2 is 2.29 bits per heavy atom. The van der Waals surface area contributed by atoms with Crippen LogP contribution in [0.4, 0.5) is 0 Å². The predicted molar refractivity (Wildman–Crippen MR) is 67.5 cm³/mol. The average molecular weight is 268 g/mol. The maximum Gasteiger partial charge on any atom is 0.213 e. The van der Waals surface area contributed by atoms with Gasteiger partial charge in [0.2, 0.25) is 4.77 Å². The second-order valence-corrected chi connectivity index (χ2v) is 5.40. The molecule has 1 atom stereocenters. The molecule has 0 radical (unpaired) electrons. The molecule has 0 aromatic carbocycles. The fourth-order valence-corrected chi connectivity index (χ4v) is 3.16. The number of hydrogen-bond donors (Lipinski definition) is 2. The van der Waals surface area contributed by atoms with Gasteiger partial charge in [-0.2, -0.15) is 4.98 Å². The van der Waals surface area contributed by atoms with Gasteiger partial charge in [0.15, 0.2) is 5.82 Å². The van der Waals surface area contributed by atoms with Crippen LogP contribution in [0.15, 0.2) is 0 Å². The SMILES string of the molecule is Cc1nc(C2CCCO2)sc1-c1nc(=S)[nH][nH]1. The molecule has 3 heterocycles. The van der Waals surface area contributed by atoms with E-state index in [1.165, 1.54) is 0 Å². The van der Waals surface area contributed by atoms with Crippen molar-refractivity contribution in [2.45, 2.75) is 25.9 Å². The van der Waals surface area contributed by atoms with E-state index in [1.54, 1.807) is 11.3 Å². The first kappa shape index (κ1) is 11.1. The molecule has 90 valence electrons. The molecule has 1 unspecified atom stereocenters. The molecule has 5 nitrogen and oxygen atoms in total. The Morgan fingerprint density at radius 3 is 2.94 bits per heavy atom. The van der Waals surface area contributed by atoms with E-state index in [2.05, 4.69) is 20.2 Å². The summed E-state index contributed by atoms with van der Waals surface area (Å²) in [7, 11) is 0. The molecule has 7 heteroatoms. The van der Waals surface area contributed by atoms with Crippen molar-refractivity contribution in [2.24, 2.45) is 0 Å². The number of rotatable bonds is 2. The molecular formula is C10H12N4OS2. The van der Waals surface area contributed by atoms with Crippen LogP contribution in [0.5, 0.6) is 0 Å². The fraction of sp³-hybridized carbons (Fsp3) is 0.500. The highest BCUT2D eigenvalue weighted by molar-refractivity contribution is 7.71. The van der Waals surface area contributed by atoms with Crippen molar-refractivity contribution in [3.8, 4) is 10.7 Å². The minimum Gasteiger partial charge on any atom is -0.371 e. The lowest BCUT2D eigenvalue weighted by Gasteiger charge is -2.02. The van der Waals surface area contributed by atoms with E-state index in [9.17, 15) is 0 Å². The van der Waals surface area contributed by atoms with Crippen LogP contribution < -0.4 is 0 Å². The number of aryl methyl sites for hydroxylation is 1. The summed E-state index contributed by atoms with van der Waals surface area (Å²) in [6.07, 6.45) is 2.33. The highest BCUT2D eigenvalue weighted by atomic mass is 32.1. The summed E-state index contributed by atoms with van der Waals surface area (Å²) < 4.78 is 6.10. The maximum atomic E-state index is 5.64. The zero-order valence-corrected chi connectivity index (χ0v) is 11.0. The molecular weight excluding hydrogens is 256 g/mol. The van der Waals surface area contributed by atoms with Crippen molar-refractivity contribution >= 4 is 23.6 Å². The summed E-state index contributed by atoms with van der Waals surface area (Å²) in [4.78, 5) is 9.81. The number of nitrogens with one attached hydrogen (secondary N) is 2. The highest BCUT2D eigenvalue weighted by Crippen LogP contribution is 2.36. The number of nitrogens with zero attached hydrogens (tertiary/aromatic N) is 2. The molecule has 1 aliphatic heterocycles. The lowest BCUT2D eigenvalue weighted by molar-refractivity contribution is 0.111. The van der Waals surface area contributed by atoms with Crippen molar-refractivity contribution in [2.75, 3.05) is 6.61 Å². The Bertz CT molecular complexity index is 579. The number of aromatic amines is 2. The number of thiazole rings is 1. The van der Waals surface area contributed by atoms with Gasteiger partial charge in [0.25, 0.3) is 0 Å². The number of aromatic nitrogens is 4. The first-order valence-corrected chi connectivity index (χ1v) is 6.70. The van der Waals surface area contributed by atoms with E-state index in [0.717, 1.165) is 40.9 Å². The molecule has 0 aliphatic carbocycles. The molecule has 0 saturated carbocycles. The first-order chi connectivity index (χ1) is 8.24. The van der Waals surface area contributed by atoms with Gasteiger partial charge in [0.1, 0.15) is 11.1 Å². The maximum absolute atomic E-state index is 5.64. The summed E-state index contributed by atoms with van der Waals surface area (Å²) >= 11 is 6.58. The van der Waals surface area contributed by atoms with Crippen LogP contribution >= 0.6 is 23.6 Å². The van der Waals surface area contributed by atoms with E-state index < -0.39 is 0 Å². The van der Waals surface area contributed by atoms with Crippen LogP contribution in [0.2, 0.25) is 0 Å². The lowest BCUT2D eigenvalue weighted by atomic mass is 10.2. The van der Waals surface area contributed by atoms with E-state index in [4.69, 9.17) is 17.0 Å². The lowest BCUT2D eigenvalue weighted by Crippen LogP contribution is -1.94. The Kier molecular flexibility index (Phi) is 2.81. The third-order valence-electron chi connectivity index (χ3n) is 2.73. The van der Waals surface area contributed by atoms with Crippen molar-refractivity contribution in [3.05, 3.63) is 15.5 Å². The molecule has 0 bridgehead atoms. The van der Waals surface area contributed by atoms with Crippen LogP contribution in [0.3, 0.4) is 0 Å². The summed E-state index contributed by atoms with van der Waals surface area (Å²) in [6, 6.07) is 0. The van der Waals surface area contributed by atoms with E-state index in [1.807, 2.05) is 6.92 Å². The highest BCUT2D eigenvalue weighted by Gasteiger charge is 2.23. The Labute approximate surface area is 107 Å². The minimum absolute atomic E-state index is 0.161. The standard InChI is InChI=1S/C10H12N4OS2/c1-5-7(8-12-10(16)14-13-8)17-9(11-5)6-3-2-4-15-6/h6H,2-4H2,1H3,(H2,12,13,14,16). The van der Waals surface area contributed by atoms with Crippen molar-refractivity contribution in [3.63, 3.8) is 0 Å². The van der Waals surface area contributed by atoms with Crippen LogP contribution in [0.25, 0.3) is 10.7 Å². The van der Waals surface area contributed by atoms with Gasteiger partial charge in [-0.1, -0.05) is 0 Å². The van der Waals surface area contributed by atoms with Crippen molar-refractivity contribution in [1.82, 2.24) is 20.2 Å². The quantitative estimate of drug-likeness (QED) is 0.822. The van der Waals surface area contributed by atoms with Gasteiger partial charge in [-0.25, -0.2) is 4.98 Å². The summed E-state index contributed by atoms with van der Waals surface area (Å²) in [5.41, 5.74) is 0.971. The summed E-state index contributed by atoms with van der Waals surface area (Å²) in [6.45, 7) is 2.82. The topological polar surface area (TPSA) is 66.6 Å². The smallest absolute Gasteiger partial charge is 0.213 e. The largest absolute Gasteiger partial charge is 0.371 e.